The van der Waals surface area contributed by atoms with Crippen molar-refractivity contribution in [2.75, 3.05) is 20.3 Å². The molecule has 2 aromatic heterocycles. The largest absolute Gasteiger partial charge is 0.384 e. The maximum absolute atomic E-state index is 13.9. The Morgan fingerprint density at radius 3 is 2.92 bits per heavy atom. The number of alkyl halides is 2. The van der Waals surface area contributed by atoms with Gasteiger partial charge in [0.2, 0.25) is 11.8 Å². The molecule has 25 heavy (non-hydrogen) atoms. The summed E-state index contributed by atoms with van der Waals surface area (Å²) in [6, 6.07) is 2.43. The molecule has 0 N–H and O–H groups in total. The van der Waals surface area contributed by atoms with Gasteiger partial charge >= 0.3 is 0 Å². The lowest BCUT2D eigenvalue weighted by atomic mass is 10.1. The Bertz CT molecular complexity index is 723. The van der Waals surface area contributed by atoms with Crippen molar-refractivity contribution in [3.05, 3.63) is 41.8 Å². The van der Waals surface area contributed by atoms with E-state index in [-0.39, 0.29) is 12.3 Å². The predicted molar refractivity (Wildman–Crippen MR) is 81.8 cm³/mol. The number of amides is 1. The van der Waals surface area contributed by atoms with Crippen molar-refractivity contribution < 1.29 is 22.8 Å². The molecule has 0 radical (unpaired) electrons. The lowest BCUT2D eigenvalue weighted by Gasteiger charge is -2.21. The molecule has 3 rings (SSSR count). The van der Waals surface area contributed by atoms with E-state index in [9.17, 15) is 13.6 Å². The van der Waals surface area contributed by atoms with Crippen molar-refractivity contribution in [3.8, 4) is 0 Å². The van der Waals surface area contributed by atoms with E-state index in [0.29, 0.717) is 24.4 Å². The molecule has 0 aromatic carbocycles. The normalized spacial score (nSPS) is 19.3. The van der Waals surface area contributed by atoms with Gasteiger partial charge in [0.1, 0.15) is 6.04 Å². The molecule has 1 aliphatic heterocycles. The highest BCUT2D eigenvalue weighted by Crippen LogP contribution is 2.40. The number of methoxy groups -OCH3 is 1. The molecule has 0 spiro atoms. The van der Waals surface area contributed by atoms with Crippen LogP contribution in [-0.2, 0) is 22.4 Å². The summed E-state index contributed by atoms with van der Waals surface area (Å²) >= 11 is 0. The quantitative estimate of drug-likeness (QED) is 0.789. The van der Waals surface area contributed by atoms with Gasteiger partial charge in [-0.2, -0.15) is 4.98 Å². The van der Waals surface area contributed by atoms with Gasteiger partial charge in [-0.25, -0.2) is 8.78 Å². The number of likely N-dealkylation sites (tertiary alicyclic amines) is 1. The summed E-state index contributed by atoms with van der Waals surface area (Å²) in [5.74, 6) is -3.00. The third-order valence-electron chi connectivity index (χ3n) is 3.99. The second-order valence-corrected chi connectivity index (χ2v) is 5.92. The number of ether oxygens (including phenoxy) is 1. The lowest BCUT2D eigenvalue weighted by molar-refractivity contribution is -0.133. The second kappa shape index (κ2) is 7.22. The van der Waals surface area contributed by atoms with Crippen molar-refractivity contribution in [2.24, 2.45) is 0 Å². The van der Waals surface area contributed by atoms with E-state index in [1.165, 1.54) is 7.11 Å². The van der Waals surface area contributed by atoms with Gasteiger partial charge in [-0.15, -0.1) is 0 Å². The summed E-state index contributed by atoms with van der Waals surface area (Å²) in [5, 5.41) is 3.77. The average Bonchev–Trinajstić information content (AvgIpc) is 3.17. The molecule has 0 bridgehead atoms. The van der Waals surface area contributed by atoms with Crippen LogP contribution in [0.25, 0.3) is 0 Å². The van der Waals surface area contributed by atoms with Crippen LogP contribution in [0, 0.1) is 0 Å². The highest BCUT2D eigenvalue weighted by Gasteiger charge is 2.49. The number of carbonyl (C=O) groups is 1. The number of aromatic nitrogens is 3. The lowest BCUT2D eigenvalue weighted by Crippen LogP contribution is -2.34. The third-order valence-corrected chi connectivity index (χ3v) is 3.99. The molecule has 3 heterocycles. The van der Waals surface area contributed by atoms with Crippen LogP contribution < -0.4 is 0 Å². The molecule has 9 heteroatoms. The molecule has 0 aliphatic carbocycles. The Balaban J connectivity index is 1.76. The fourth-order valence-corrected chi connectivity index (χ4v) is 2.77. The van der Waals surface area contributed by atoms with E-state index in [2.05, 4.69) is 15.1 Å². The number of nitrogens with zero attached hydrogens (tertiary/aromatic N) is 4. The smallest absolute Gasteiger partial charge is 0.267 e. The topological polar surface area (TPSA) is 81.4 Å². The SMILES string of the molecule is COCCc1noc([C@@H]2CC(F)(F)CN2C(=O)Cc2ccncc2)n1. The Morgan fingerprint density at radius 1 is 1.44 bits per heavy atom. The zero-order chi connectivity index (χ0) is 17.9. The molecule has 1 amide bonds. The first-order chi connectivity index (χ1) is 12.0. The van der Waals surface area contributed by atoms with Gasteiger partial charge in [-0.3, -0.25) is 9.78 Å². The summed E-state index contributed by atoms with van der Waals surface area (Å²) in [7, 11) is 1.54. The van der Waals surface area contributed by atoms with E-state index < -0.39 is 30.8 Å². The Morgan fingerprint density at radius 2 is 2.20 bits per heavy atom. The number of halogens is 2. The summed E-state index contributed by atoms with van der Waals surface area (Å²) in [6.07, 6.45) is 3.01. The van der Waals surface area contributed by atoms with Crippen LogP contribution >= 0.6 is 0 Å². The van der Waals surface area contributed by atoms with Gasteiger partial charge in [0.15, 0.2) is 5.82 Å². The standard InChI is InChI=1S/C16H18F2N4O3/c1-24-7-4-13-20-15(25-21-13)12-9-16(17,18)10-22(12)14(23)8-11-2-5-19-6-3-11/h2-3,5-6,12H,4,7-10H2,1H3/t12-/m0/s1. The minimum Gasteiger partial charge on any atom is -0.384 e. The van der Waals surface area contributed by atoms with E-state index in [1.54, 1.807) is 24.5 Å². The number of pyridine rings is 1. The Hall–Kier alpha value is -2.42. The van der Waals surface area contributed by atoms with Crippen molar-refractivity contribution in [1.29, 1.82) is 0 Å². The molecule has 134 valence electrons. The highest BCUT2D eigenvalue weighted by atomic mass is 19.3. The van der Waals surface area contributed by atoms with Crippen LogP contribution in [0.2, 0.25) is 0 Å². The van der Waals surface area contributed by atoms with Gasteiger partial charge in [-0.1, -0.05) is 5.16 Å². The number of rotatable bonds is 6. The molecule has 0 saturated carbocycles. The molecule has 0 unspecified atom stereocenters. The maximum atomic E-state index is 13.9. The first-order valence-corrected chi connectivity index (χ1v) is 7.86. The van der Waals surface area contributed by atoms with Crippen molar-refractivity contribution in [2.45, 2.75) is 31.2 Å². The van der Waals surface area contributed by atoms with Gasteiger partial charge in [0.05, 0.1) is 19.6 Å². The van der Waals surface area contributed by atoms with Crippen LogP contribution in [0.1, 0.15) is 29.7 Å². The zero-order valence-corrected chi connectivity index (χ0v) is 13.7. The molecule has 1 atom stereocenters. The molecular formula is C16H18F2N4O3. The van der Waals surface area contributed by atoms with Gasteiger partial charge in [0, 0.05) is 32.3 Å². The van der Waals surface area contributed by atoms with E-state index in [4.69, 9.17) is 9.26 Å². The molecule has 1 aliphatic rings. The Labute approximate surface area is 143 Å². The maximum Gasteiger partial charge on any atom is 0.267 e. The summed E-state index contributed by atoms with van der Waals surface area (Å²) < 4.78 is 37.9. The van der Waals surface area contributed by atoms with Crippen molar-refractivity contribution in [3.63, 3.8) is 0 Å². The average molecular weight is 352 g/mol. The monoisotopic (exact) mass is 352 g/mol. The Kier molecular flexibility index (Phi) is 5.03. The van der Waals surface area contributed by atoms with Gasteiger partial charge in [0.25, 0.3) is 5.92 Å². The molecule has 1 saturated heterocycles. The van der Waals surface area contributed by atoms with Gasteiger partial charge < -0.3 is 14.2 Å². The summed E-state index contributed by atoms with van der Waals surface area (Å²) in [5.41, 5.74) is 0.709. The van der Waals surface area contributed by atoms with Crippen LogP contribution in [0.15, 0.2) is 29.0 Å². The van der Waals surface area contributed by atoms with Crippen molar-refractivity contribution in [1.82, 2.24) is 20.0 Å². The predicted octanol–water partition coefficient (Wildman–Crippen LogP) is 1.80. The fraction of sp³-hybridized carbons (Fsp3) is 0.500. The number of carbonyl (C=O) groups excluding carboxylic acids is 1. The molecular weight excluding hydrogens is 334 g/mol. The highest BCUT2D eigenvalue weighted by molar-refractivity contribution is 5.79. The fourth-order valence-electron chi connectivity index (χ4n) is 2.77. The van der Waals surface area contributed by atoms with Crippen molar-refractivity contribution >= 4 is 5.91 Å². The van der Waals surface area contributed by atoms with Crippen LogP contribution in [-0.4, -0.2) is 52.1 Å². The minimum absolute atomic E-state index is 0.0137. The summed E-state index contributed by atoms with van der Waals surface area (Å²) in [6.45, 7) is -0.262. The molecule has 1 fully saturated rings. The summed E-state index contributed by atoms with van der Waals surface area (Å²) in [4.78, 5) is 21.7. The second-order valence-electron chi connectivity index (χ2n) is 5.92. The number of hydrogen-bond acceptors (Lipinski definition) is 6. The first kappa shape index (κ1) is 17.4. The third kappa shape index (κ3) is 4.16. The first-order valence-electron chi connectivity index (χ1n) is 7.86. The molecule has 7 nitrogen and oxygen atoms in total. The molecule has 2 aromatic rings. The zero-order valence-electron chi connectivity index (χ0n) is 13.7. The van der Waals surface area contributed by atoms with Crippen LogP contribution in [0.3, 0.4) is 0 Å². The van der Waals surface area contributed by atoms with E-state index in [1.807, 2.05) is 0 Å². The number of hydrogen-bond donors (Lipinski definition) is 0. The van der Waals surface area contributed by atoms with E-state index >= 15 is 0 Å². The van der Waals surface area contributed by atoms with E-state index in [0.717, 1.165) is 4.90 Å². The minimum atomic E-state index is -2.99. The van der Waals surface area contributed by atoms with Crippen LogP contribution in [0.5, 0.6) is 0 Å². The van der Waals surface area contributed by atoms with Crippen LogP contribution in [0.4, 0.5) is 8.78 Å². The van der Waals surface area contributed by atoms with Gasteiger partial charge in [-0.05, 0) is 17.7 Å².